The van der Waals surface area contributed by atoms with Crippen LogP contribution < -0.4 is 4.90 Å². The number of rotatable bonds is 1. The van der Waals surface area contributed by atoms with Gasteiger partial charge in [-0.25, -0.2) is 0 Å². The van der Waals surface area contributed by atoms with E-state index in [4.69, 9.17) is 0 Å². The van der Waals surface area contributed by atoms with Crippen molar-refractivity contribution in [3.05, 3.63) is 41.5 Å². The molecule has 1 aliphatic carbocycles. The van der Waals surface area contributed by atoms with Crippen LogP contribution >= 0.6 is 0 Å². The predicted molar refractivity (Wildman–Crippen MR) is 84.2 cm³/mol. The first kappa shape index (κ1) is 13.2. The molecule has 0 spiro atoms. The Morgan fingerprint density at radius 3 is 2.59 bits per heavy atom. The van der Waals surface area contributed by atoms with Crippen molar-refractivity contribution in [2.45, 2.75) is 32.2 Å². The monoisotopic (exact) mass is 295 g/mol. The van der Waals surface area contributed by atoms with Gasteiger partial charge in [0.2, 0.25) is 5.91 Å². The number of phenols is 2. The van der Waals surface area contributed by atoms with Gasteiger partial charge in [-0.1, -0.05) is 6.07 Å². The number of anilines is 1. The zero-order valence-corrected chi connectivity index (χ0v) is 12.3. The fraction of sp³-hybridized carbons (Fsp3) is 0.278. The summed E-state index contributed by atoms with van der Waals surface area (Å²) in [7, 11) is 0. The first-order chi connectivity index (χ1) is 10.5. The number of carbonyl (C=O) groups excluding carboxylic acids is 1. The standard InChI is InChI=1S/C18H17NO3/c1-10-6-15-14-5-4-13(20)7-11(14)8-18(22)19(12-2-3-12)16(15)9-17(10)21/h4-7,9,12,20-21H,2-3,8H2,1H3. The molecule has 1 heterocycles. The Kier molecular flexibility index (Phi) is 2.70. The molecule has 1 fully saturated rings. The quantitative estimate of drug-likeness (QED) is 0.849. The van der Waals surface area contributed by atoms with Crippen molar-refractivity contribution in [3.8, 4) is 22.6 Å². The van der Waals surface area contributed by atoms with Crippen LogP contribution in [-0.2, 0) is 11.2 Å². The molecule has 4 heteroatoms. The number of aromatic hydroxyl groups is 2. The molecule has 0 bridgehead atoms. The highest BCUT2D eigenvalue weighted by atomic mass is 16.3. The van der Waals surface area contributed by atoms with E-state index in [1.807, 2.05) is 24.0 Å². The van der Waals surface area contributed by atoms with E-state index < -0.39 is 0 Å². The fourth-order valence-corrected chi connectivity index (χ4v) is 3.21. The molecular weight excluding hydrogens is 278 g/mol. The van der Waals surface area contributed by atoms with Crippen molar-refractivity contribution < 1.29 is 15.0 Å². The average Bonchev–Trinajstić information content (AvgIpc) is 3.27. The first-order valence-corrected chi connectivity index (χ1v) is 7.52. The molecular formula is C18H17NO3. The van der Waals surface area contributed by atoms with E-state index in [1.54, 1.807) is 18.2 Å². The molecule has 2 aromatic carbocycles. The Morgan fingerprint density at radius 2 is 1.86 bits per heavy atom. The lowest BCUT2D eigenvalue weighted by molar-refractivity contribution is -0.118. The average molecular weight is 295 g/mol. The van der Waals surface area contributed by atoms with Crippen LogP contribution in [0.25, 0.3) is 11.1 Å². The second-order valence-corrected chi connectivity index (χ2v) is 6.17. The Morgan fingerprint density at radius 1 is 1.09 bits per heavy atom. The van der Waals surface area contributed by atoms with Crippen LogP contribution in [0, 0.1) is 6.92 Å². The summed E-state index contributed by atoms with van der Waals surface area (Å²) in [5, 5.41) is 19.8. The third-order valence-corrected chi connectivity index (χ3v) is 4.48. The number of hydrogen-bond donors (Lipinski definition) is 2. The van der Waals surface area contributed by atoms with Crippen molar-refractivity contribution in [1.29, 1.82) is 0 Å². The molecule has 2 aromatic rings. The number of nitrogens with zero attached hydrogens (tertiary/aromatic N) is 1. The molecule has 1 aliphatic heterocycles. The number of benzene rings is 2. The molecule has 0 atom stereocenters. The molecule has 0 saturated heterocycles. The number of amides is 1. The summed E-state index contributed by atoms with van der Waals surface area (Å²) in [6, 6.07) is 9.01. The Balaban J connectivity index is 2.01. The smallest absolute Gasteiger partial charge is 0.231 e. The minimum Gasteiger partial charge on any atom is -0.508 e. The van der Waals surface area contributed by atoms with Gasteiger partial charge in [-0.15, -0.1) is 0 Å². The van der Waals surface area contributed by atoms with E-state index in [-0.39, 0.29) is 29.9 Å². The molecule has 4 nitrogen and oxygen atoms in total. The molecule has 0 radical (unpaired) electrons. The van der Waals surface area contributed by atoms with E-state index in [1.165, 1.54) is 0 Å². The van der Waals surface area contributed by atoms with E-state index in [2.05, 4.69) is 0 Å². The van der Waals surface area contributed by atoms with E-state index in [0.29, 0.717) is 0 Å². The van der Waals surface area contributed by atoms with Crippen LogP contribution in [0.2, 0.25) is 0 Å². The lowest BCUT2D eigenvalue weighted by Crippen LogP contribution is -2.33. The summed E-state index contributed by atoms with van der Waals surface area (Å²) in [6.07, 6.45) is 2.28. The molecule has 4 rings (SSSR count). The summed E-state index contributed by atoms with van der Waals surface area (Å²) < 4.78 is 0. The maximum absolute atomic E-state index is 12.7. The SMILES string of the molecule is Cc1cc2c(cc1O)N(C1CC1)C(=O)Cc1cc(O)ccc1-2. The minimum atomic E-state index is 0.0244. The van der Waals surface area contributed by atoms with Gasteiger partial charge in [0.15, 0.2) is 0 Å². The van der Waals surface area contributed by atoms with Crippen molar-refractivity contribution in [2.24, 2.45) is 0 Å². The van der Waals surface area contributed by atoms with Gasteiger partial charge in [-0.2, -0.15) is 0 Å². The molecule has 1 saturated carbocycles. The predicted octanol–water partition coefficient (Wildman–Crippen LogP) is 3.12. The van der Waals surface area contributed by atoms with Gasteiger partial charge < -0.3 is 15.1 Å². The fourth-order valence-electron chi connectivity index (χ4n) is 3.21. The summed E-state index contributed by atoms with van der Waals surface area (Å²) >= 11 is 0. The summed E-state index contributed by atoms with van der Waals surface area (Å²) in [4.78, 5) is 14.5. The molecule has 22 heavy (non-hydrogen) atoms. The lowest BCUT2D eigenvalue weighted by atomic mass is 9.96. The van der Waals surface area contributed by atoms with E-state index >= 15 is 0 Å². The van der Waals surface area contributed by atoms with Gasteiger partial charge in [0, 0.05) is 17.7 Å². The molecule has 112 valence electrons. The number of aryl methyl sites for hydroxylation is 1. The maximum atomic E-state index is 12.7. The molecule has 0 aromatic heterocycles. The molecule has 1 amide bonds. The summed E-state index contributed by atoms with van der Waals surface area (Å²) in [5.74, 6) is 0.402. The van der Waals surface area contributed by atoms with Gasteiger partial charge in [0.1, 0.15) is 11.5 Å². The number of phenolic OH excluding ortho intramolecular Hbond substituents is 2. The second-order valence-electron chi connectivity index (χ2n) is 6.17. The van der Waals surface area contributed by atoms with Crippen LogP contribution in [0.5, 0.6) is 11.5 Å². The summed E-state index contributed by atoms with van der Waals surface area (Å²) in [5.41, 5.74) is 4.29. The normalized spacial score (nSPS) is 17.0. The van der Waals surface area contributed by atoms with Gasteiger partial charge >= 0.3 is 0 Å². The minimum absolute atomic E-state index is 0.0244. The van der Waals surface area contributed by atoms with Gasteiger partial charge in [-0.3, -0.25) is 4.79 Å². The Hall–Kier alpha value is -2.49. The van der Waals surface area contributed by atoms with Crippen molar-refractivity contribution in [3.63, 3.8) is 0 Å². The third-order valence-electron chi connectivity index (χ3n) is 4.48. The maximum Gasteiger partial charge on any atom is 0.231 e. The Labute approximate surface area is 128 Å². The van der Waals surface area contributed by atoms with Crippen molar-refractivity contribution >= 4 is 11.6 Å². The van der Waals surface area contributed by atoms with Crippen LogP contribution in [0.1, 0.15) is 24.0 Å². The lowest BCUT2D eigenvalue weighted by Gasteiger charge is -2.23. The topological polar surface area (TPSA) is 60.8 Å². The number of carbonyl (C=O) groups is 1. The van der Waals surface area contributed by atoms with Crippen LogP contribution in [0.3, 0.4) is 0 Å². The highest BCUT2D eigenvalue weighted by molar-refractivity contribution is 6.04. The van der Waals surface area contributed by atoms with Crippen LogP contribution in [0.15, 0.2) is 30.3 Å². The first-order valence-electron chi connectivity index (χ1n) is 7.52. The third kappa shape index (κ3) is 1.95. The van der Waals surface area contributed by atoms with Gasteiger partial charge in [0.25, 0.3) is 0 Å². The van der Waals surface area contributed by atoms with E-state index in [0.717, 1.165) is 40.8 Å². The van der Waals surface area contributed by atoms with Gasteiger partial charge in [0.05, 0.1) is 12.1 Å². The van der Waals surface area contributed by atoms with Gasteiger partial charge in [-0.05, 0) is 54.7 Å². The van der Waals surface area contributed by atoms with Crippen molar-refractivity contribution in [2.75, 3.05) is 4.90 Å². The van der Waals surface area contributed by atoms with Crippen LogP contribution in [-0.4, -0.2) is 22.2 Å². The Bertz CT molecular complexity index is 793. The van der Waals surface area contributed by atoms with Crippen LogP contribution in [0.4, 0.5) is 5.69 Å². The second kappa shape index (κ2) is 4.50. The molecule has 0 unspecified atom stereocenters. The summed E-state index contributed by atoms with van der Waals surface area (Å²) in [6.45, 7) is 1.85. The number of fused-ring (bicyclic) bond motifs is 3. The van der Waals surface area contributed by atoms with Crippen molar-refractivity contribution in [1.82, 2.24) is 0 Å². The molecule has 2 aliphatic rings. The zero-order valence-electron chi connectivity index (χ0n) is 12.3. The zero-order chi connectivity index (χ0) is 15.4. The highest BCUT2D eigenvalue weighted by Crippen LogP contribution is 2.44. The largest absolute Gasteiger partial charge is 0.508 e. The number of hydrogen-bond acceptors (Lipinski definition) is 3. The van der Waals surface area contributed by atoms with E-state index in [9.17, 15) is 15.0 Å². The molecule has 2 N–H and O–H groups in total. The highest BCUT2D eigenvalue weighted by Gasteiger charge is 2.37.